The first-order valence-corrected chi connectivity index (χ1v) is 6.04. The van der Waals surface area contributed by atoms with E-state index in [1.807, 2.05) is 0 Å². The minimum absolute atomic E-state index is 0. The first-order chi connectivity index (χ1) is 7.28. The van der Waals surface area contributed by atoms with Gasteiger partial charge < -0.3 is 0 Å². The van der Waals surface area contributed by atoms with Gasteiger partial charge in [-0.1, -0.05) is 0 Å². The number of hydrogen-bond donors (Lipinski definition) is 4. The van der Waals surface area contributed by atoms with Gasteiger partial charge in [-0.15, -0.1) is 0 Å². The summed E-state index contributed by atoms with van der Waals surface area (Å²) in [6, 6.07) is 0. The van der Waals surface area contributed by atoms with Crippen molar-refractivity contribution in [2.75, 3.05) is 28.2 Å². The van der Waals surface area contributed by atoms with Crippen LogP contribution < -0.4 is 21.3 Å². The predicted octanol–water partition coefficient (Wildman–Crippen LogP) is 2.22. The van der Waals surface area contributed by atoms with Crippen molar-refractivity contribution in [2.45, 2.75) is 0 Å². The number of nitrogens with one attached hydrogen (secondary N) is 4. The Morgan fingerprint density at radius 2 is 0.722 bits per heavy atom. The molecule has 0 bridgehead atoms. The Balaban J connectivity index is -0.0000000813. The van der Waals surface area contributed by atoms with E-state index in [4.69, 9.17) is 0 Å². The Kier molecular flexibility index (Phi) is 15.6. The molecule has 4 radical (unpaired) electrons. The van der Waals surface area contributed by atoms with Crippen LogP contribution in [-0.2, 0) is 22.4 Å². The second kappa shape index (κ2) is 10.4. The number of rotatable bonds is 4. The minimum atomic E-state index is -10.7. The molecule has 0 fully saturated rings. The van der Waals surface area contributed by atoms with Crippen LogP contribution in [0.2, 0.25) is 0 Å². The molecule has 4 N–H and O–H groups in total. The summed E-state index contributed by atoms with van der Waals surface area (Å²) in [5.41, 5.74) is 0. The summed E-state index contributed by atoms with van der Waals surface area (Å²) in [4.78, 5) is 0. The molecule has 118 valence electrons. The molecule has 0 atom stereocenters. The van der Waals surface area contributed by atoms with Crippen molar-refractivity contribution < 1.29 is 47.6 Å². The molecule has 0 heterocycles. The van der Waals surface area contributed by atoms with Gasteiger partial charge in [0.05, 0.1) is 0 Å². The zero-order chi connectivity index (χ0) is 14.7. The Hall–Kier alpha value is 0.590. The third-order valence-electron chi connectivity index (χ3n) is 0.500. The normalized spacial score (nSPS) is 13.7. The van der Waals surface area contributed by atoms with E-state index >= 15 is 0 Å². The van der Waals surface area contributed by atoms with Gasteiger partial charge in [-0.2, -0.15) is 0 Å². The van der Waals surface area contributed by atoms with Crippen LogP contribution in [0.25, 0.3) is 0 Å². The van der Waals surface area contributed by atoms with Crippen LogP contribution in [0.4, 0.5) is 25.2 Å². The predicted molar refractivity (Wildman–Crippen MR) is 56.3 cm³/mol. The van der Waals surface area contributed by atoms with Crippen molar-refractivity contribution in [3.8, 4) is 0 Å². The maximum absolute atomic E-state index is 10.7. The Morgan fingerprint density at radius 1 is 0.611 bits per heavy atom. The van der Waals surface area contributed by atoms with Crippen molar-refractivity contribution in [2.24, 2.45) is 0 Å². The maximum Gasteiger partial charge on any atom is 1.00 e. The summed E-state index contributed by atoms with van der Waals surface area (Å²) in [7, 11) is -3.50. The molecule has 0 aromatic heterocycles. The molecule has 0 saturated heterocycles. The monoisotopic (exact) mass is 486 g/mol. The van der Waals surface area contributed by atoms with E-state index in [1.54, 1.807) is 28.2 Å². The van der Waals surface area contributed by atoms with Crippen molar-refractivity contribution >= 4 is 7.81 Å². The van der Waals surface area contributed by atoms with E-state index in [9.17, 15) is 25.2 Å². The third kappa shape index (κ3) is 191. The van der Waals surface area contributed by atoms with Gasteiger partial charge in [-0.25, -0.2) is 0 Å². The zero-order valence-corrected chi connectivity index (χ0v) is 13.1. The minimum Gasteiger partial charge on any atom is 1.00 e. The fourth-order valence-corrected chi connectivity index (χ4v) is 0.250. The van der Waals surface area contributed by atoms with Crippen LogP contribution in [0.5, 0.6) is 0 Å². The number of halogens is 6. The molecule has 4 nitrogen and oxygen atoms in total. The van der Waals surface area contributed by atoms with Gasteiger partial charge in [0.25, 0.3) is 0 Å². The maximum atomic E-state index is 9.87. The summed E-state index contributed by atoms with van der Waals surface area (Å²) < 4.78 is 59.2. The topological polar surface area (TPSA) is 48.1 Å². The van der Waals surface area contributed by atoms with Gasteiger partial charge >= 0.3 is 55.4 Å². The molecule has 0 aliphatic heterocycles. The fraction of sp³-hybridized carbons (Fsp3) is 0.667. The molecular formula is C6H16AuF6N4P. The van der Waals surface area contributed by atoms with E-state index < -0.39 is 7.81 Å². The van der Waals surface area contributed by atoms with E-state index in [1.165, 1.54) is 0 Å². The van der Waals surface area contributed by atoms with Crippen molar-refractivity contribution in [1.82, 2.24) is 21.3 Å². The van der Waals surface area contributed by atoms with Crippen molar-refractivity contribution in [1.29, 1.82) is 0 Å². The standard InChI is InChI=1S/2C3H8N2.Au.F6P/c2*1-4-3-5-2;;1-7(2,3,4,5)6/h2*4-5H,1-2H3;;/q;;+1;-1. The molecule has 12 heteroatoms. The Morgan fingerprint density at radius 3 is 0.722 bits per heavy atom. The summed E-state index contributed by atoms with van der Waals surface area (Å²) in [6.07, 6.45) is 0. The average molecular weight is 486 g/mol. The summed E-state index contributed by atoms with van der Waals surface area (Å²) >= 11 is 0. The summed E-state index contributed by atoms with van der Waals surface area (Å²) in [5, 5.41) is 10.6. The number of hydrogen-bond acceptors (Lipinski definition) is 4. The van der Waals surface area contributed by atoms with Crippen molar-refractivity contribution in [3.05, 3.63) is 13.3 Å². The van der Waals surface area contributed by atoms with Crippen LogP contribution in [0.1, 0.15) is 0 Å². The SMILES string of the molecule is CN[C]NC.CN[C]NC.F[P-](F)(F)(F)(F)F.[Au+]. The van der Waals surface area contributed by atoms with Crippen LogP contribution in [0, 0.1) is 13.3 Å². The van der Waals surface area contributed by atoms with Crippen LogP contribution in [0.15, 0.2) is 0 Å². The first-order valence-electron chi connectivity index (χ1n) is 4.01. The second-order valence-corrected chi connectivity index (χ2v) is 4.12. The van der Waals surface area contributed by atoms with Crippen LogP contribution in [0.3, 0.4) is 0 Å². The third-order valence-corrected chi connectivity index (χ3v) is 0.500. The molecule has 0 saturated carbocycles. The average Bonchev–Trinajstić information content (AvgIpc) is 2.02. The molecule has 0 spiro atoms. The van der Waals surface area contributed by atoms with Gasteiger partial charge in [-0.05, 0) is 28.2 Å². The summed E-state index contributed by atoms with van der Waals surface area (Å²) in [6.45, 7) is 5.22. The van der Waals surface area contributed by atoms with Gasteiger partial charge in [0, 0.05) is 0 Å². The second-order valence-electron chi connectivity index (χ2n) is 2.21. The van der Waals surface area contributed by atoms with Gasteiger partial charge in [0.1, 0.15) is 13.3 Å². The smallest absolute Gasteiger partial charge is 1.00 e. The molecule has 18 heavy (non-hydrogen) atoms. The first kappa shape index (κ1) is 27.0. The molecule has 0 amide bonds. The van der Waals surface area contributed by atoms with Crippen LogP contribution in [-0.4, -0.2) is 28.2 Å². The van der Waals surface area contributed by atoms with Gasteiger partial charge in [0.15, 0.2) is 0 Å². The molecule has 0 rings (SSSR count). The van der Waals surface area contributed by atoms with Gasteiger partial charge in [0.2, 0.25) is 0 Å². The van der Waals surface area contributed by atoms with E-state index in [-0.39, 0.29) is 22.4 Å². The molecule has 0 aliphatic rings. The van der Waals surface area contributed by atoms with Gasteiger partial charge in [-0.3, -0.25) is 21.3 Å². The fourth-order valence-electron chi connectivity index (χ4n) is 0.250. The molecular weight excluding hydrogens is 470 g/mol. The zero-order valence-electron chi connectivity index (χ0n) is 10.0. The van der Waals surface area contributed by atoms with E-state index in [2.05, 4.69) is 34.6 Å². The van der Waals surface area contributed by atoms with E-state index in [0.717, 1.165) is 0 Å². The Bertz CT molecular complexity index is 152. The summed E-state index contributed by atoms with van der Waals surface area (Å²) in [5.74, 6) is 0. The molecule has 0 aromatic carbocycles. The molecule has 0 aliphatic carbocycles. The quantitative estimate of drug-likeness (QED) is 0.213. The largest absolute Gasteiger partial charge is 1.00 e. The van der Waals surface area contributed by atoms with Crippen LogP contribution >= 0.6 is 7.81 Å². The molecule has 0 unspecified atom stereocenters. The van der Waals surface area contributed by atoms with Crippen molar-refractivity contribution in [3.63, 3.8) is 0 Å². The molecule has 0 aromatic rings. The Labute approximate surface area is 118 Å². The van der Waals surface area contributed by atoms with E-state index in [0.29, 0.717) is 0 Å².